The molecule has 0 aromatic heterocycles. The average molecular weight is 271 g/mol. The highest BCUT2D eigenvalue weighted by atomic mass is 16.5. The van der Waals surface area contributed by atoms with E-state index in [4.69, 9.17) is 20.5 Å². The number of rotatable bonds is 3. The standard InChI is InChI=1S/C17H9N3O/c18-10-13-4-6-16(7-5-13)21-17-3-1-2-14(9-17)8-15(11-19)12-20/h1-9H. The highest BCUT2D eigenvalue weighted by molar-refractivity contribution is 5.63. The fourth-order valence-electron chi connectivity index (χ4n) is 1.66. The quantitative estimate of drug-likeness (QED) is 0.795. The van der Waals surface area contributed by atoms with Crippen molar-refractivity contribution in [2.24, 2.45) is 0 Å². The van der Waals surface area contributed by atoms with E-state index in [2.05, 4.69) is 0 Å². The molecule has 0 saturated heterocycles. The molecular formula is C17H9N3O. The molecule has 2 aromatic carbocycles. The van der Waals surface area contributed by atoms with E-state index in [0.717, 1.165) is 0 Å². The van der Waals surface area contributed by atoms with Gasteiger partial charge in [0.05, 0.1) is 11.6 Å². The van der Waals surface area contributed by atoms with Crippen molar-refractivity contribution in [2.45, 2.75) is 0 Å². The summed E-state index contributed by atoms with van der Waals surface area (Å²) >= 11 is 0. The van der Waals surface area contributed by atoms with Gasteiger partial charge in [-0.1, -0.05) is 12.1 Å². The summed E-state index contributed by atoms with van der Waals surface area (Å²) in [5, 5.41) is 26.2. The van der Waals surface area contributed by atoms with Gasteiger partial charge in [0.25, 0.3) is 0 Å². The molecule has 0 fully saturated rings. The molecular weight excluding hydrogens is 262 g/mol. The lowest BCUT2D eigenvalue weighted by atomic mass is 10.1. The number of benzene rings is 2. The Morgan fingerprint density at radius 2 is 1.62 bits per heavy atom. The fraction of sp³-hybridized carbons (Fsp3) is 0. The molecule has 0 bridgehead atoms. The van der Waals surface area contributed by atoms with Gasteiger partial charge in [0.2, 0.25) is 0 Å². The predicted octanol–water partition coefficient (Wildman–Crippen LogP) is 3.78. The Kier molecular flexibility index (Phi) is 4.34. The van der Waals surface area contributed by atoms with Gasteiger partial charge in [-0.2, -0.15) is 15.8 Å². The molecule has 4 heteroatoms. The van der Waals surface area contributed by atoms with Gasteiger partial charge < -0.3 is 4.74 Å². The lowest BCUT2D eigenvalue weighted by Crippen LogP contribution is -1.85. The first-order valence-corrected chi connectivity index (χ1v) is 6.05. The van der Waals surface area contributed by atoms with Crippen molar-refractivity contribution < 1.29 is 4.74 Å². The van der Waals surface area contributed by atoms with E-state index in [-0.39, 0.29) is 5.57 Å². The topological polar surface area (TPSA) is 80.6 Å². The molecule has 0 spiro atoms. The monoisotopic (exact) mass is 271 g/mol. The Bertz CT molecular complexity index is 784. The van der Waals surface area contributed by atoms with Crippen LogP contribution in [0.4, 0.5) is 0 Å². The van der Waals surface area contributed by atoms with Crippen molar-refractivity contribution >= 4 is 6.08 Å². The van der Waals surface area contributed by atoms with E-state index in [9.17, 15) is 0 Å². The van der Waals surface area contributed by atoms with Crippen LogP contribution in [0.15, 0.2) is 54.1 Å². The maximum Gasteiger partial charge on any atom is 0.130 e. The minimum Gasteiger partial charge on any atom is -0.457 e. The third-order valence-electron chi connectivity index (χ3n) is 2.63. The second-order valence-electron chi connectivity index (χ2n) is 4.09. The van der Waals surface area contributed by atoms with Crippen LogP contribution in [-0.2, 0) is 0 Å². The van der Waals surface area contributed by atoms with Crippen LogP contribution in [-0.4, -0.2) is 0 Å². The lowest BCUT2D eigenvalue weighted by Gasteiger charge is -2.06. The number of ether oxygens (including phenoxy) is 1. The third kappa shape index (κ3) is 3.70. The van der Waals surface area contributed by atoms with Crippen LogP contribution in [0.5, 0.6) is 11.5 Å². The third-order valence-corrected chi connectivity index (χ3v) is 2.63. The van der Waals surface area contributed by atoms with Crippen molar-refractivity contribution in [1.82, 2.24) is 0 Å². The van der Waals surface area contributed by atoms with Crippen LogP contribution in [0.2, 0.25) is 0 Å². The zero-order chi connectivity index (χ0) is 15.1. The molecule has 0 radical (unpaired) electrons. The van der Waals surface area contributed by atoms with Crippen LogP contribution >= 0.6 is 0 Å². The van der Waals surface area contributed by atoms with Crippen molar-refractivity contribution in [2.75, 3.05) is 0 Å². The molecule has 0 heterocycles. The van der Waals surface area contributed by atoms with Crippen molar-refractivity contribution in [3.63, 3.8) is 0 Å². The molecule has 21 heavy (non-hydrogen) atoms. The number of hydrogen-bond donors (Lipinski definition) is 0. The fourth-order valence-corrected chi connectivity index (χ4v) is 1.66. The zero-order valence-corrected chi connectivity index (χ0v) is 10.9. The summed E-state index contributed by atoms with van der Waals surface area (Å²) in [6.07, 6.45) is 1.49. The molecule has 0 aliphatic heterocycles. The van der Waals surface area contributed by atoms with Gasteiger partial charge >= 0.3 is 0 Å². The Labute approximate surface area is 122 Å². The Morgan fingerprint density at radius 1 is 0.905 bits per heavy atom. The van der Waals surface area contributed by atoms with Gasteiger partial charge in [-0.15, -0.1) is 0 Å². The summed E-state index contributed by atoms with van der Waals surface area (Å²) in [4.78, 5) is 0. The summed E-state index contributed by atoms with van der Waals surface area (Å²) in [7, 11) is 0. The molecule has 2 aromatic rings. The Morgan fingerprint density at radius 3 is 2.24 bits per heavy atom. The van der Waals surface area contributed by atoms with Gasteiger partial charge in [-0.05, 0) is 48.0 Å². The average Bonchev–Trinajstić information content (AvgIpc) is 2.53. The van der Waals surface area contributed by atoms with Crippen molar-refractivity contribution in [3.05, 3.63) is 65.2 Å². The molecule has 0 aliphatic rings. The minimum atomic E-state index is 0.0329. The SMILES string of the molecule is N#CC(C#N)=Cc1cccc(Oc2ccc(C#N)cc2)c1. The molecule has 0 aliphatic carbocycles. The second kappa shape index (κ2) is 6.57. The maximum absolute atomic E-state index is 8.74. The molecule has 0 atom stereocenters. The van der Waals surface area contributed by atoms with E-state index in [1.165, 1.54) is 6.08 Å². The number of nitrogens with zero attached hydrogens (tertiary/aromatic N) is 3. The summed E-state index contributed by atoms with van der Waals surface area (Å²) in [5.74, 6) is 1.19. The van der Waals surface area contributed by atoms with E-state index in [0.29, 0.717) is 22.6 Å². The van der Waals surface area contributed by atoms with E-state index in [1.54, 1.807) is 48.5 Å². The van der Waals surface area contributed by atoms with E-state index < -0.39 is 0 Å². The molecule has 0 unspecified atom stereocenters. The predicted molar refractivity (Wildman–Crippen MR) is 76.9 cm³/mol. The summed E-state index contributed by atoms with van der Waals surface area (Å²) in [6.45, 7) is 0. The second-order valence-corrected chi connectivity index (χ2v) is 4.09. The Balaban J connectivity index is 2.22. The van der Waals surface area contributed by atoms with Crippen LogP contribution < -0.4 is 4.74 Å². The smallest absolute Gasteiger partial charge is 0.130 e. The molecule has 0 N–H and O–H groups in total. The zero-order valence-electron chi connectivity index (χ0n) is 10.9. The highest BCUT2D eigenvalue weighted by Gasteiger charge is 2.00. The summed E-state index contributed by atoms with van der Waals surface area (Å²) < 4.78 is 5.66. The number of allylic oxidation sites excluding steroid dienone is 1. The minimum absolute atomic E-state index is 0.0329. The lowest BCUT2D eigenvalue weighted by molar-refractivity contribution is 0.482. The van der Waals surface area contributed by atoms with E-state index >= 15 is 0 Å². The number of nitriles is 3. The molecule has 0 amide bonds. The molecule has 0 saturated carbocycles. The van der Waals surface area contributed by atoms with Crippen LogP contribution in [0.25, 0.3) is 6.08 Å². The van der Waals surface area contributed by atoms with Gasteiger partial charge in [-0.3, -0.25) is 0 Å². The van der Waals surface area contributed by atoms with Crippen molar-refractivity contribution in [1.29, 1.82) is 15.8 Å². The van der Waals surface area contributed by atoms with Gasteiger partial charge in [0, 0.05) is 0 Å². The van der Waals surface area contributed by atoms with Crippen molar-refractivity contribution in [3.8, 4) is 29.7 Å². The largest absolute Gasteiger partial charge is 0.457 e. The van der Waals surface area contributed by atoms with Crippen LogP contribution in [0, 0.1) is 34.0 Å². The normalized spacial score (nSPS) is 8.81. The van der Waals surface area contributed by atoms with Gasteiger partial charge in [0.1, 0.15) is 29.2 Å². The van der Waals surface area contributed by atoms with E-state index in [1.807, 2.05) is 18.2 Å². The van der Waals surface area contributed by atoms with Crippen LogP contribution in [0.1, 0.15) is 11.1 Å². The first kappa shape index (κ1) is 13.9. The maximum atomic E-state index is 8.74. The summed E-state index contributed by atoms with van der Waals surface area (Å²) in [6, 6.07) is 19.5. The highest BCUT2D eigenvalue weighted by Crippen LogP contribution is 2.23. The molecule has 4 nitrogen and oxygen atoms in total. The first-order valence-electron chi connectivity index (χ1n) is 6.05. The van der Waals surface area contributed by atoms with Crippen LogP contribution in [0.3, 0.4) is 0 Å². The number of hydrogen-bond acceptors (Lipinski definition) is 4. The summed E-state index contributed by atoms with van der Waals surface area (Å²) in [5.41, 5.74) is 1.30. The van der Waals surface area contributed by atoms with Gasteiger partial charge in [0.15, 0.2) is 0 Å². The molecule has 98 valence electrons. The molecule has 2 rings (SSSR count). The first-order chi connectivity index (χ1) is 10.2. The van der Waals surface area contributed by atoms with Gasteiger partial charge in [-0.25, -0.2) is 0 Å². The Hall–Kier alpha value is -3.55.